The summed E-state index contributed by atoms with van der Waals surface area (Å²) in [6.45, 7) is 5.57. The van der Waals surface area contributed by atoms with E-state index in [1.54, 1.807) is 12.4 Å². The number of hydrogen-bond acceptors (Lipinski definition) is 4. The summed E-state index contributed by atoms with van der Waals surface area (Å²) in [7, 11) is 0. The summed E-state index contributed by atoms with van der Waals surface area (Å²) >= 11 is 0. The molecule has 4 nitrogen and oxygen atoms in total. The van der Waals surface area contributed by atoms with Crippen LogP contribution in [0, 0.1) is 5.92 Å². The highest BCUT2D eigenvalue weighted by Crippen LogP contribution is 2.22. The van der Waals surface area contributed by atoms with E-state index in [1.807, 2.05) is 0 Å². The van der Waals surface area contributed by atoms with E-state index in [0.717, 1.165) is 18.2 Å². The fourth-order valence-corrected chi connectivity index (χ4v) is 2.76. The van der Waals surface area contributed by atoms with Gasteiger partial charge in [0.25, 0.3) is 0 Å². The monoisotopic (exact) mass is 248 g/mol. The van der Waals surface area contributed by atoms with E-state index in [9.17, 15) is 0 Å². The van der Waals surface area contributed by atoms with Crippen molar-refractivity contribution in [3.05, 3.63) is 18.1 Å². The molecule has 0 aromatic carbocycles. The first-order valence-corrected chi connectivity index (χ1v) is 7.06. The molecule has 100 valence electrons. The summed E-state index contributed by atoms with van der Waals surface area (Å²) in [5, 5.41) is 0. The molecule has 0 bridgehead atoms. The molecule has 0 saturated carbocycles. The van der Waals surface area contributed by atoms with Crippen LogP contribution in [0.5, 0.6) is 0 Å². The molecule has 0 radical (unpaired) electrons. The minimum Gasteiger partial charge on any atom is -0.382 e. The van der Waals surface area contributed by atoms with Crippen molar-refractivity contribution in [3.63, 3.8) is 0 Å². The smallest absolute Gasteiger partial charge is 0.141 e. The molecule has 1 aliphatic heterocycles. The third-order valence-corrected chi connectivity index (χ3v) is 3.75. The minimum absolute atomic E-state index is 0.498. The Hall–Kier alpha value is -1.16. The van der Waals surface area contributed by atoms with Gasteiger partial charge in [0.1, 0.15) is 5.82 Å². The van der Waals surface area contributed by atoms with Gasteiger partial charge in [-0.25, -0.2) is 4.98 Å². The van der Waals surface area contributed by atoms with E-state index >= 15 is 0 Å². The highest BCUT2D eigenvalue weighted by Gasteiger charge is 2.16. The summed E-state index contributed by atoms with van der Waals surface area (Å²) in [6.07, 6.45) is 10.2. The number of hydrogen-bond donors (Lipinski definition) is 1. The van der Waals surface area contributed by atoms with E-state index in [-0.39, 0.29) is 0 Å². The fourth-order valence-electron chi connectivity index (χ4n) is 2.76. The molecule has 1 atom stereocenters. The molecule has 1 aliphatic rings. The van der Waals surface area contributed by atoms with E-state index in [4.69, 9.17) is 5.73 Å². The molecule has 18 heavy (non-hydrogen) atoms. The average molecular weight is 248 g/mol. The van der Waals surface area contributed by atoms with Crippen LogP contribution >= 0.6 is 0 Å². The third kappa shape index (κ3) is 3.95. The van der Waals surface area contributed by atoms with Crippen molar-refractivity contribution < 1.29 is 0 Å². The van der Waals surface area contributed by atoms with Crippen molar-refractivity contribution in [1.29, 1.82) is 0 Å². The van der Waals surface area contributed by atoms with Crippen LogP contribution in [0.15, 0.2) is 12.4 Å². The molecule has 2 rings (SSSR count). The number of nitrogens with two attached hydrogens (primary N) is 1. The van der Waals surface area contributed by atoms with Gasteiger partial charge in [-0.2, -0.15) is 0 Å². The summed E-state index contributed by atoms with van der Waals surface area (Å²) < 4.78 is 0. The fraction of sp³-hybridized carbons (Fsp3) is 0.714. The first kappa shape index (κ1) is 13.3. The van der Waals surface area contributed by atoms with Gasteiger partial charge in [0.05, 0.1) is 18.1 Å². The van der Waals surface area contributed by atoms with Gasteiger partial charge >= 0.3 is 0 Å². The number of aromatic nitrogens is 2. The lowest BCUT2D eigenvalue weighted by atomic mass is 9.96. The first-order chi connectivity index (χ1) is 8.78. The summed E-state index contributed by atoms with van der Waals surface area (Å²) in [5.41, 5.74) is 6.58. The Morgan fingerprint density at radius 2 is 2.17 bits per heavy atom. The molecule has 0 amide bonds. The number of likely N-dealkylation sites (tertiary alicyclic amines) is 1. The van der Waals surface area contributed by atoms with Crippen molar-refractivity contribution in [1.82, 2.24) is 14.9 Å². The Balaban J connectivity index is 1.84. The number of rotatable bonds is 4. The van der Waals surface area contributed by atoms with Crippen LogP contribution in [0.2, 0.25) is 0 Å². The Morgan fingerprint density at radius 1 is 1.28 bits per heavy atom. The molecule has 2 heterocycles. The molecule has 4 heteroatoms. The molecule has 0 spiro atoms. The Labute approximate surface area is 110 Å². The Morgan fingerprint density at radius 3 is 2.89 bits per heavy atom. The second kappa shape index (κ2) is 6.69. The zero-order chi connectivity index (χ0) is 12.8. The lowest BCUT2D eigenvalue weighted by molar-refractivity contribution is 0.268. The van der Waals surface area contributed by atoms with Gasteiger partial charge < -0.3 is 5.73 Å². The minimum atomic E-state index is 0.498. The molecular weight excluding hydrogens is 224 g/mol. The van der Waals surface area contributed by atoms with Gasteiger partial charge in [0.2, 0.25) is 0 Å². The normalized spacial score (nSPS) is 21.7. The van der Waals surface area contributed by atoms with Crippen molar-refractivity contribution in [2.24, 2.45) is 5.92 Å². The first-order valence-electron chi connectivity index (χ1n) is 7.06. The zero-order valence-electron chi connectivity index (χ0n) is 11.3. The summed E-state index contributed by atoms with van der Waals surface area (Å²) in [6, 6.07) is 0. The maximum Gasteiger partial charge on any atom is 0.141 e. The standard InChI is InChI=1S/C14H24N4/c1-2-4-12-5-3-7-18(8-6-12)11-13-9-17-14(15)10-16-13/h9-10,12H,2-8,11H2,1H3,(H2,15,17). The SMILES string of the molecule is CCCC1CCCN(Cc2cnc(N)cn2)CC1. The largest absolute Gasteiger partial charge is 0.382 e. The topological polar surface area (TPSA) is 55.0 Å². The average Bonchev–Trinajstić information content (AvgIpc) is 2.59. The van der Waals surface area contributed by atoms with Crippen molar-refractivity contribution in [2.45, 2.75) is 45.6 Å². The van der Waals surface area contributed by atoms with Crippen molar-refractivity contribution >= 4 is 5.82 Å². The van der Waals surface area contributed by atoms with Crippen LogP contribution in [0.4, 0.5) is 5.82 Å². The van der Waals surface area contributed by atoms with Crippen molar-refractivity contribution in [3.8, 4) is 0 Å². The molecule has 1 fully saturated rings. The predicted molar refractivity (Wildman–Crippen MR) is 74.0 cm³/mol. The van der Waals surface area contributed by atoms with Crippen molar-refractivity contribution in [2.75, 3.05) is 18.8 Å². The quantitative estimate of drug-likeness (QED) is 0.889. The summed E-state index contributed by atoms with van der Waals surface area (Å²) in [5.74, 6) is 1.43. The van der Waals surface area contributed by atoms with Gasteiger partial charge in [-0.3, -0.25) is 9.88 Å². The Kier molecular flexibility index (Phi) is 4.93. The number of nitrogens with zero attached hydrogens (tertiary/aromatic N) is 3. The van der Waals surface area contributed by atoms with Gasteiger partial charge in [-0.1, -0.05) is 19.8 Å². The van der Waals surface area contributed by atoms with Gasteiger partial charge in [-0.15, -0.1) is 0 Å². The van der Waals surface area contributed by atoms with Gasteiger partial charge in [0, 0.05) is 6.54 Å². The zero-order valence-corrected chi connectivity index (χ0v) is 11.3. The van der Waals surface area contributed by atoms with E-state index in [0.29, 0.717) is 5.82 Å². The molecule has 2 N–H and O–H groups in total. The maximum absolute atomic E-state index is 5.55. The highest BCUT2D eigenvalue weighted by molar-refractivity contribution is 5.22. The second-order valence-corrected chi connectivity index (χ2v) is 5.29. The number of anilines is 1. The molecule has 1 saturated heterocycles. The van der Waals surface area contributed by atoms with E-state index < -0.39 is 0 Å². The second-order valence-electron chi connectivity index (χ2n) is 5.29. The van der Waals surface area contributed by atoms with Crippen LogP contribution < -0.4 is 5.73 Å². The van der Waals surface area contributed by atoms with Gasteiger partial charge in [-0.05, 0) is 38.3 Å². The molecule has 1 aromatic rings. The molecular formula is C14H24N4. The van der Waals surface area contributed by atoms with Crippen LogP contribution in [0.3, 0.4) is 0 Å². The molecule has 0 aliphatic carbocycles. The van der Waals surface area contributed by atoms with Gasteiger partial charge in [0.15, 0.2) is 0 Å². The van der Waals surface area contributed by atoms with Crippen LogP contribution in [-0.2, 0) is 6.54 Å². The molecule has 1 aromatic heterocycles. The summed E-state index contributed by atoms with van der Waals surface area (Å²) in [4.78, 5) is 10.9. The number of nitrogen functional groups attached to an aromatic ring is 1. The Bertz CT molecular complexity index is 349. The molecule has 1 unspecified atom stereocenters. The van der Waals surface area contributed by atoms with E-state index in [2.05, 4.69) is 21.8 Å². The van der Waals surface area contributed by atoms with Crippen LogP contribution in [0.25, 0.3) is 0 Å². The van der Waals surface area contributed by atoms with Crippen LogP contribution in [-0.4, -0.2) is 28.0 Å². The predicted octanol–water partition coefficient (Wildman–Crippen LogP) is 2.46. The highest BCUT2D eigenvalue weighted by atomic mass is 15.1. The maximum atomic E-state index is 5.55. The third-order valence-electron chi connectivity index (χ3n) is 3.75. The lowest BCUT2D eigenvalue weighted by Gasteiger charge is -2.19. The van der Waals surface area contributed by atoms with E-state index in [1.165, 1.54) is 45.2 Å². The lowest BCUT2D eigenvalue weighted by Crippen LogP contribution is -2.25. The van der Waals surface area contributed by atoms with Crippen LogP contribution in [0.1, 0.15) is 44.7 Å².